The number of fused-ring (bicyclic) bond motifs is 1. The summed E-state index contributed by atoms with van der Waals surface area (Å²) in [5.41, 5.74) is 0.855. The Morgan fingerprint density at radius 2 is 1.90 bits per heavy atom. The molecular formula is C21H22N4O3S2. The normalized spacial score (nSPS) is 14.3. The number of non-ortho nitro benzene ring substituents is 1. The summed E-state index contributed by atoms with van der Waals surface area (Å²) in [5, 5.41) is 11.8. The molecule has 1 aliphatic rings. The lowest BCUT2D eigenvalue weighted by Gasteiger charge is -2.34. The zero-order valence-electron chi connectivity index (χ0n) is 16.4. The lowest BCUT2D eigenvalue weighted by atomic mass is 10.2. The van der Waals surface area contributed by atoms with E-state index in [0.29, 0.717) is 19.5 Å². The number of nitro benzene ring substituents is 1. The van der Waals surface area contributed by atoms with Gasteiger partial charge in [0.05, 0.1) is 15.1 Å². The van der Waals surface area contributed by atoms with Gasteiger partial charge in [0.1, 0.15) is 0 Å². The summed E-state index contributed by atoms with van der Waals surface area (Å²) in [4.78, 5) is 33.0. The number of nitro groups is 1. The van der Waals surface area contributed by atoms with Gasteiger partial charge in [-0.25, -0.2) is 4.98 Å². The summed E-state index contributed by atoms with van der Waals surface area (Å²) in [6.07, 6.45) is 1.44. The predicted molar refractivity (Wildman–Crippen MR) is 121 cm³/mol. The van der Waals surface area contributed by atoms with E-state index in [9.17, 15) is 14.9 Å². The fourth-order valence-corrected chi connectivity index (χ4v) is 5.31. The number of hydrogen-bond donors (Lipinski definition) is 0. The van der Waals surface area contributed by atoms with Gasteiger partial charge in [-0.05, 0) is 30.4 Å². The first-order valence-electron chi connectivity index (χ1n) is 9.86. The van der Waals surface area contributed by atoms with Crippen LogP contribution in [0.15, 0.2) is 53.4 Å². The van der Waals surface area contributed by atoms with Crippen LogP contribution in [0.1, 0.15) is 12.8 Å². The highest BCUT2D eigenvalue weighted by Crippen LogP contribution is 2.32. The topological polar surface area (TPSA) is 79.6 Å². The van der Waals surface area contributed by atoms with Crippen LogP contribution in [0.3, 0.4) is 0 Å². The Morgan fingerprint density at radius 3 is 2.63 bits per heavy atom. The molecule has 7 nitrogen and oxygen atoms in total. The quantitative estimate of drug-likeness (QED) is 0.233. The second kappa shape index (κ2) is 9.44. The van der Waals surface area contributed by atoms with E-state index in [4.69, 9.17) is 0 Å². The number of thiazole rings is 1. The second-order valence-electron chi connectivity index (χ2n) is 7.04. The molecule has 3 aromatic rings. The van der Waals surface area contributed by atoms with Crippen LogP contribution < -0.4 is 4.90 Å². The molecule has 0 spiro atoms. The van der Waals surface area contributed by atoms with Crippen molar-refractivity contribution >= 4 is 50.0 Å². The van der Waals surface area contributed by atoms with Crippen LogP contribution in [0.5, 0.6) is 0 Å². The molecular weight excluding hydrogens is 420 g/mol. The third kappa shape index (κ3) is 4.91. The standard InChI is InChI=1S/C21H22N4O3S2/c26-20(7-4-14-29-17-5-2-1-3-6-17)23-10-12-24(13-11-23)21-22-18-9-8-16(25(27)28)15-19(18)30-21/h1-3,5-6,8-9,15H,4,7,10-14H2. The van der Waals surface area contributed by atoms with Crippen LogP contribution in [0.2, 0.25) is 0 Å². The molecule has 0 saturated carbocycles. The summed E-state index contributed by atoms with van der Waals surface area (Å²) in [6, 6.07) is 15.0. The van der Waals surface area contributed by atoms with Crippen molar-refractivity contribution in [1.29, 1.82) is 0 Å². The average molecular weight is 443 g/mol. The van der Waals surface area contributed by atoms with Crippen LogP contribution in [0, 0.1) is 10.1 Å². The monoisotopic (exact) mass is 442 g/mol. The van der Waals surface area contributed by atoms with Crippen molar-refractivity contribution in [2.24, 2.45) is 0 Å². The van der Waals surface area contributed by atoms with Gasteiger partial charge in [0, 0.05) is 49.6 Å². The smallest absolute Gasteiger partial charge is 0.270 e. The lowest BCUT2D eigenvalue weighted by Crippen LogP contribution is -2.48. The van der Waals surface area contributed by atoms with Crippen LogP contribution >= 0.6 is 23.1 Å². The molecule has 0 unspecified atom stereocenters. The molecule has 0 radical (unpaired) electrons. The molecule has 4 rings (SSSR count). The SMILES string of the molecule is O=C(CCCSc1ccccc1)N1CCN(c2nc3ccc([N+](=O)[O-])cc3s2)CC1. The number of rotatable bonds is 7. The first-order chi connectivity index (χ1) is 14.6. The molecule has 1 aliphatic heterocycles. The van der Waals surface area contributed by atoms with Gasteiger partial charge in [-0.2, -0.15) is 0 Å². The Bertz CT molecular complexity index is 1030. The Labute approximate surface area is 182 Å². The van der Waals surface area contributed by atoms with Gasteiger partial charge in [-0.3, -0.25) is 14.9 Å². The van der Waals surface area contributed by atoms with E-state index in [-0.39, 0.29) is 16.5 Å². The highest BCUT2D eigenvalue weighted by atomic mass is 32.2. The number of piperazine rings is 1. The maximum atomic E-state index is 12.5. The maximum Gasteiger partial charge on any atom is 0.270 e. The fourth-order valence-electron chi connectivity index (χ4n) is 3.39. The Balaban J connectivity index is 1.25. The number of nitrogens with zero attached hydrogens (tertiary/aromatic N) is 4. The zero-order chi connectivity index (χ0) is 20.9. The maximum absolute atomic E-state index is 12.5. The van der Waals surface area contributed by atoms with E-state index in [0.717, 1.165) is 40.6 Å². The number of benzene rings is 2. The molecule has 9 heteroatoms. The van der Waals surface area contributed by atoms with Gasteiger partial charge < -0.3 is 9.80 Å². The second-order valence-corrected chi connectivity index (χ2v) is 9.22. The van der Waals surface area contributed by atoms with Crippen molar-refractivity contribution in [3.05, 3.63) is 58.6 Å². The highest BCUT2D eigenvalue weighted by Gasteiger charge is 2.23. The molecule has 1 aromatic heterocycles. The Hall–Kier alpha value is -2.65. The van der Waals surface area contributed by atoms with Crippen molar-refractivity contribution in [1.82, 2.24) is 9.88 Å². The van der Waals surface area contributed by atoms with E-state index in [1.807, 2.05) is 23.1 Å². The van der Waals surface area contributed by atoms with Crippen molar-refractivity contribution in [2.75, 3.05) is 36.8 Å². The van der Waals surface area contributed by atoms with Crippen LogP contribution in [-0.4, -0.2) is 52.6 Å². The average Bonchev–Trinajstić information content (AvgIpc) is 3.21. The highest BCUT2D eigenvalue weighted by molar-refractivity contribution is 7.99. The van der Waals surface area contributed by atoms with E-state index in [2.05, 4.69) is 22.0 Å². The lowest BCUT2D eigenvalue weighted by molar-refractivity contribution is -0.384. The summed E-state index contributed by atoms with van der Waals surface area (Å²) < 4.78 is 0.814. The van der Waals surface area contributed by atoms with Gasteiger partial charge in [-0.1, -0.05) is 29.5 Å². The van der Waals surface area contributed by atoms with Gasteiger partial charge in [0.2, 0.25) is 5.91 Å². The summed E-state index contributed by atoms with van der Waals surface area (Å²) in [5.74, 6) is 1.15. The van der Waals surface area contributed by atoms with Gasteiger partial charge >= 0.3 is 0 Å². The van der Waals surface area contributed by atoms with Crippen LogP contribution in [0.4, 0.5) is 10.8 Å². The third-order valence-corrected chi connectivity index (χ3v) is 7.20. The van der Waals surface area contributed by atoms with Crippen LogP contribution in [-0.2, 0) is 4.79 Å². The zero-order valence-corrected chi connectivity index (χ0v) is 18.0. The predicted octanol–water partition coefficient (Wildman–Crippen LogP) is 4.43. The van der Waals surface area contributed by atoms with Crippen molar-refractivity contribution in [2.45, 2.75) is 17.7 Å². The van der Waals surface area contributed by atoms with Gasteiger partial charge in [0.25, 0.3) is 5.69 Å². The Kier molecular flexibility index (Phi) is 6.49. The molecule has 30 heavy (non-hydrogen) atoms. The summed E-state index contributed by atoms with van der Waals surface area (Å²) >= 11 is 3.25. The molecule has 0 N–H and O–H groups in total. The minimum atomic E-state index is -0.387. The molecule has 2 aromatic carbocycles. The van der Waals surface area contributed by atoms with Crippen LogP contribution in [0.25, 0.3) is 10.2 Å². The molecule has 1 fully saturated rings. The van der Waals surface area contributed by atoms with Crippen molar-refractivity contribution in [3.63, 3.8) is 0 Å². The molecule has 1 saturated heterocycles. The molecule has 2 heterocycles. The van der Waals surface area contributed by atoms with E-state index < -0.39 is 0 Å². The van der Waals surface area contributed by atoms with Gasteiger partial charge in [0.15, 0.2) is 5.13 Å². The number of thioether (sulfide) groups is 1. The first kappa shape index (κ1) is 20.6. The summed E-state index contributed by atoms with van der Waals surface area (Å²) in [7, 11) is 0. The third-order valence-electron chi connectivity index (χ3n) is 5.02. The first-order valence-corrected chi connectivity index (χ1v) is 11.7. The van der Waals surface area contributed by atoms with E-state index >= 15 is 0 Å². The molecule has 0 bridgehead atoms. The van der Waals surface area contributed by atoms with Crippen molar-refractivity contribution in [3.8, 4) is 0 Å². The molecule has 0 aliphatic carbocycles. The number of aromatic nitrogens is 1. The van der Waals surface area contributed by atoms with Gasteiger partial charge in [-0.15, -0.1) is 11.8 Å². The number of anilines is 1. The Morgan fingerprint density at radius 1 is 1.13 bits per heavy atom. The molecule has 0 atom stereocenters. The largest absolute Gasteiger partial charge is 0.345 e. The van der Waals surface area contributed by atoms with E-state index in [1.165, 1.54) is 22.3 Å². The molecule has 156 valence electrons. The number of amides is 1. The van der Waals surface area contributed by atoms with E-state index in [1.54, 1.807) is 23.9 Å². The number of hydrogen-bond acceptors (Lipinski definition) is 7. The number of carbonyl (C=O) groups excluding carboxylic acids is 1. The number of carbonyl (C=O) groups is 1. The minimum Gasteiger partial charge on any atom is -0.345 e. The van der Waals surface area contributed by atoms with Crippen molar-refractivity contribution < 1.29 is 9.72 Å². The summed E-state index contributed by atoms with van der Waals surface area (Å²) in [6.45, 7) is 2.82. The minimum absolute atomic E-state index is 0.0820. The fraction of sp³-hybridized carbons (Fsp3) is 0.333. The molecule has 1 amide bonds.